The lowest BCUT2D eigenvalue weighted by atomic mass is 9.64. The van der Waals surface area contributed by atoms with Crippen LogP contribution in [0.25, 0.3) is 55.3 Å². The number of anilines is 3. The van der Waals surface area contributed by atoms with E-state index in [1.54, 1.807) is 0 Å². The molecular weight excluding hydrogens is 815 g/mol. The van der Waals surface area contributed by atoms with Gasteiger partial charge in [-0.25, -0.2) is 0 Å². The van der Waals surface area contributed by atoms with E-state index in [0.717, 1.165) is 21.9 Å². The van der Waals surface area contributed by atoms with Crippen LogP contribution in [0, 0.1) is 0 Å². The molecule has 4 heterocycles. The Bertz CT molecular complexity index is 3650. The highest BCUT2D eigenvalue weighted by molar-refractivity contribution is 7.24. The Hall–Kier alpha value is -7.20. The number of nitrogens with zero attached hydrogens (tertiary/aromatic N) is 1. The summed E-state index contributed by atoms with van der Waals surface area (Å²) in [6.07, 6.45) is 0. The van der Waals surface area contributed by atoms with E-state index in [9.17, 15) is 0 Å². The summed E-state index contributed by atoms with van der Waals surface area (Å²) < 4.78 is 6.81. The highest BCUT2D eigenvalue weighted by Crippen LogP contribution is 2.64. The first-order chi connectivity index (χ1) is 32.0. The quantitative estimate of drug-likeness (QED) is 0.153. The smallest absolute Gasteiger partial charge is 0.182 e. The molecule has 0 N–H and O–H groups in total. The minimum absolute atomic E-state index is 0.00396. The lowest BCUT2D eigenvalue weighted by molar-refractivity contribution is 0.590. The van der Waals surface area contributed by atoms with Gasteiger partial charge in [0.2, 0.25) is 0 Å². The molecule has 2 nitrogen and oxygen atoms in total. The second-order valence-corrected chi connectivity index (χ2v) is 24.9. The molecule has 66 heavy (non-hydrogen) atoms. The van der Waals surface area contributed by atoms with Crippen molar-refractivity contribution >= 4 is 67.8 Å². The van der Waals surface area contributed by atoms with Gasteiger partial charge in [-0.2, -0.15) is 0 Å². The van der Waals surface area contributed by atoms with Crippen molar-refractivity contribution in [3.05, 3.63) is 221 Å². The Morgan fingerprint density at radius 3 is 1.55 bits per heavy atom. The van der Waals surface area contributed by atoms with Gasteiger partial charge >= 0.3 is 0 Å². The minimum atomic E-state index is -2.89. The van der Waals surface area contributed by atoms with Crippen molar-refractivity contribution in [2.24, 2.45) is 0 Å². The van der Waals surface area contributed by atoms with E-state index in [4.69, 9.17) is 4.42 Å². The van der Waals surface area contributed by atoms with E-state index in [1.165, 1.54) is 105 Å². The van der Waals surface area contributed by atoms with E-state index in [1.807, 2.05) is 0 Å². The summed E-state index contributed by atoms with van der Waals surface area (Å²) in [7, 11) is -2.89. The average Bonchev–Trinajstić information content (AvgIpc) is 4.03. The van der Waals surface area contributed by atoms with Crippen LogP contribution in [-0.4, -0.2) is 8.07 Å². The Morgan fingerprint density at radius 1 is 0.379 bits per heavy atom. The van der Waals surface area contributed by atoms with Gasteiger partial charge < -0.3 is 9.32 Å². The third-order valence-electron chi connectivity index (χ3n) is 15.8. The molecule has 0 saturated carbocycles. The van der Waals surface area contributed by atoms with Gasteiger partial charge in [0.25, 0.3) is 0 Å². The zero-order valence-electron chi connectivity index (χ0n) is 38.3. The zero-order valence-corrected chi connectivity index (χ0v) is 39.3. The molecule has 9 aromatic carbocycles. The van der Waals surface area contributed by atoms with Crippen LogP contribution < -0.4 is 25.6 Å². The summed E-state index contributed by atoms with van der Waals surface area (Å²) in [5, 5.41) is 8.27. The standard InChI is InChI=1S/C63H49NOSi/c1-61(2,3)38-27-30-45-46-31-28-39(62(4,5)6)34-59(46)66(58(45)33-38)57-26-16-10-20-44(57)47-32-29-40(35-60(47)66)64-53-24-14-13-23-51(53)63(49-21-11-7-17-41(49)42-18-8-12-22-50(42)63)52-37-56-48(36-54(52)64)43-19-9-15-25-55(43)65-56/h7-37H,1-6H3. The molecule has 14 rings (SSSR count). The minimum Gasteiger partial charge on any atom is -0.456 e. The second kappa shape index (κ2) is 12.8. The molecule has 0 fully saturated rings. The third kappa shape index (κ3) is 4.66. The summed E-state index contributed by atoms with van der Waals surface area (Å²) in [6, 6.07) is 72.5. The zero-order chi connectivity index (χ0) is 44.5. The van der Waals surface area contributed by atoms with Crippen LogP contribution in [0.3, 0.4) is 0 Å². The molecule has 0 atom stereocenters. The fourth-order valence-corrected chi connectivity index (χ4v) is 18.5. The maximum Gasteiger partial charge on any atom is 0.182 e. The SMILES string of the molecule is CC(C)(C)c1ccc2c(c1)[Si]1(c3ccccc3-c3ccc(N4c5ccccc5C5(c6ccccc6-c6ccccc65)c5cc6oc7ccccc7c6cc54)cc31)c1cc(C(C)(C)C)ccc1-2. The van der Waals surface area contributed by atoms with Crippen molar-refractivity contribution in [3.63, 3.8) is 0 Å². The van der Waals surface area contributed by atoms with Crippen LogP contribution in [-0.2, 0) is 16.2 Å². The molecule has 1 aliphatic carbocycles. The topological polar surface area (TPSA) is 16.4 Å². The van der Waals surface area contributed by atoms with Gasteiger partial charge in [0.05, 0.1) is 16.8 Å². The van der Waals surface area contributed by atoms with Gasteiger partial charge in [0.1, 0.15) is 11.2 Å². The molecule has 0 radical (unpaired) electrons. The Morgan fingerprint density at radius 2 is 0.894 bits per heavy atom. The molecule has 316 valence electrons. The average molecular weight is 864 g/mol. The Labute approximate surface area is 387 Å². The molecule has 0 bridgehead atoms. The highest BCUT2D eigenvalue weighted by atomic mass is 28.3. The van der Waals surface area contributed by atoms with Gasteiger partial charge in [-0.05, 0) is 135 Å². The van der Waals surface area contributed by atoms with Gasteiger partial charge in [-0.1, -0.05) is 193 Å². The van der Waals surface area contributed by atoms with Crippen LogP contribution in [0.5, 0.6) is 0 Å². The first-order valence-electron chi connectivity index (χ1n) is 23.6. The van der Waals surface area contributed by atoms with Crippen LogP contribution in [0.4, 0.5) is 17.1 Å². The molecule has 1 aromatic heterocycles. The van der Waals surface area contributed by atoms with Crippen LogP contribution in [0.1, 0.15) is 74.9 Å². The molecule has 0 amide bonds. The van der Waals surface area contributed by atoms with E-state index in [2.05, 4.69) is 234 Å². The van der Waals surface area contributed by atoms with Crippen molar-refractivity contribution in [2.45, 2.75) is 57.8 Å². The van der Waals surface area contributed by atoms with E-state index < -0.39 is 13.5 Å². The number of fused-ring (bicyclic) bond motifs is 22. The maximum atomic E-state index is 6.81. The largest absolute Gasteiger partial charge is 0.456 e. The summed E-state index contributed by atoms with van der Waals surface area (Å²) in [5.41, 5.74) is 20.8. The van der Waals surface area contributed by atoms with E-state index in [0.29, 0.717) is 0 Å². The molecule has 3 heteroatoms. The lowest BCUT2D eigenvalue weighted by Crippen LogP contribution is -2.71. The van der Waals surface area contributed by atoms with Crippen LogP contribution in [0.2, 0.25) is 0 Å². The van der Waals surface area contributed by atoms with Crippen LogP contribution in [0.15, 0.2) is 192 Å². The second-order valence-electron chi connectivity index (χ2n) is 21.2. The van der Waals surface area contributed by atoms with Gasteiger partial charge in [0.15, 0.2) is 8.07 Å². The third-order valence-corrected chi connectivity index (χ3v) is 20.7. The first-order valence-corrected chi connectivity index (χ1v) is 25.6. The van der Waals surface area contributed by atoms with Crippen molar-refractivity contribution in [2.75, 3.05) is 4.90 Å². The summed E-state index contributed by atoms with van der Waals surface area (Å²) in [5.74, 6) is 0. The van der Waals surface area contributed by atoms with Crippen molar-refractivity contribution in [1.29, 1.82) is 0 Å². The van der Waals surface area contributed by atoms with Gasteiger partial charge in [-0.15, -0.1) is 0 Å². The van der Waals surface area contributed by atoms with Crippen LogP contribution >= 0.6 is 0 Å². The number of benzene rings is 9. The molecule has 0 saturated heterocycles. The molecule has 3 aliphatic heterocycles. The maximum absolute atomic E-state index is 6.81. The predicted molar refractivity (Wildman–Crippen MR) is 278 cm³/mol. The van der Waals surface area contributed by atoms with E-state index in [-0.39, 0.29) is 10.8 Å². The Balaban J connectivity index is 1.10. The number of hydrogen-bond donors (Lipinski definition) is 0. The fourth-order valence-electron chi connectivity index (χ4n) is 12.8. The number of para-hydroxylation sites is 2. The Kier molecular flexibility index (Phi) is 7.38. The summed E-state index contributed by atoms with van der Waals surface area (Å²) in [6.45, 7) is 14.1. The first kappa shape index (κ1) is 38.1. The number of furan rings is 1. The molecule has 4 aliphatic rings. The molecular formula is C63H49NOSi. The van der Waals surface area contributed by atoms with Crippen molar-refractivity contribution in [1.82, 2.24) is 0 Å². The summed E-state index contributed by atoms with van der Waals surface area (Å²) >= 11 is 0. The van der Waals surface area contributed by atoms with Gasteiger partial charge in [0, 0.05) is 16.5 Å². The highest BCUT2D eigenvalue weighted by Gasteiger charge is 2.56. The fraction of sp³-hybridized carbons (Fsp3) is 0.143. The predicted octanol–water partition coefficient (Wildman–Crippen LogP) is 13.7. The van der Waals surface area contributed by atoms with Gasteiger partial charge in [-0.3, -0.25) is 0 Å². The van der Waals surface area contributed by atoms with E-state index >= 15 is 0 Å². The van der Waals surface area contributed by atoms with Crippen molar-refractivity contribution in [3.8, 4) is 33.4 Å². The number of rotatable bonds is 1. The lowest BCUT2D eigenvalue weighted by Gasteiger charge is -2.45. The molecule has 10 aromatic rings. The number of hydrogen-bond acceptors (Lipinski definition) is 2. The molecule has 0 unspecified atom stereocenters. The monoisotopic (exact) mass is 863 g/mol. The normalized spacial score (nSPS) is 15.3. The summed E-state index contributed by atoms with van der Waals surface area (Å²) in [4.78, 5) is 2.60. The van der Waals surface area contributed by atoms with Crippen molar-refractivity contribution < 1.29 is 4.42 Å². The molecule has 2 spiro atoms.